The van der Waals surface area contributed by atoms with E-state index in [-0.39, 0.29) is 5.56 Å². The van der Waals surface area contributed by atoms with Gasteiger partial charge < -0.3 is 14.5 Å². The molecule has 0 aliphatic rings. The molecule has 0 unspecified atom stereocenters. The van der Waals surface area contributed by atoms with Gasteiger partial charge in [-0.3, -0.25) is 4.79 Å². The minimum Gasteiger partial charge on any atom is -0.493 e. The highest BCUT2D eigenvalue weighted by molar-refractivity contribution is 9.10. The molecule has 1 N–H and O–H groups in total. The molecule has 0 spiro atoms. The average Bonchev–Trinajstić information content (AvgIpc) is 2.48. The maximum atomic E-state index is 12.0. The topological polar surface area (TPSA) is 75.1 Å². The Morgan fingerprint density at radius 1 is 1.27 bits per heavy atom. The minimum atomic E-state index is -0.404. The highest BCUT2D eigenvalue weighted by Crippen LogP contribution is 2.39. The van der Waals surface area contributed by atoms with E-state index in [4.69, 9.17) is 9.47 Å². The summed E-state index contributed by atoms with van der Waals surface area (Å²) < 4.78 is 11.6. The first-order valence-corrected chi connectivity index (χ1v) is 7.45. The van der Waals surface area contributed by atoms with Crippen LogP contribution in [0.15, 0.2) is 27.5 Å². The summed E-state index contributed by atoms with van der Waals surface area (Å²) in [7, 11) is 1.56. The van der Waals surface area contributed by atoms with E-state index in [2.05, 4.69) is 20.9 Å². The zero-order valence-corrected chi connectivity index (χ0v) is 14.1. The summed E-state index contributed by atoms with van der Waals surface area (Å²) in [4.78, 5) is 14.6. The monoisotopic (exact) mass is 362 g/mol. The molecule has 114 valence electrons. The van der Waals surface area contributed by atoms with Gasteiger partial charge in [-0.1, -0.05) is 15.9 Å². The zero-order chi connectivity index (χ0) is 16.3. The third-order valence-electron chi connectivity index (χ3n) is 3.12. The number of nitrogens with one attached hydrogen (secondary N) is 1. The molecule has 0 saturated carbocycles. The Morgan fingerprint density at radius 3 is 2.59 bits per heavy atom. The van der Waals surface area contributed by atoms with Crippen LogP contribution in [0.3, 0.4) is 0 Å². The van der Waals surface area contributed by atoms with Crippen molar-refractivity contribution in [3.8, 4) is 28.7 Å². The maximum absolute atomic E-state index is 12.0. The van der Waals surface area contributed by atoms with Crippen LogP contribution in [0.4, 0.5) is 0 Å². The number of pyridine rings is 1. The van der Waals surface area contributed by atoms with Crippen LogP contribution in [-0.4, -0.2) is 18.7 Å². The van der Waals surface area contributed by atoms with Crippen molar-refractivity contribution in [2.45, 2.75) is 13.8 Å². The lowest BCUT2D eigenvalue weighted by Gasteiger charge is -2.14. The van der Waals surface area contributed by atoms with Crippen LogP contribution in [0.1, 0.15) is 18.2 Å². The fraction of sp³-hybridized carbons (Fsp3) is 0.250. The molecular weight excluding hydrogens is 348 g/mol. The second kappa shape index (κ2) is 6.67. The molecule has 0 fully saturated rings. The molecule has 22 heavy (non-hydrogen) atoms. The molecule has 1 aromatic heterocycles. The van der Waals surface area contributed by atoms with Crippen LogP contribution >= 0.6 is 15.9 Å². The molecule has 0 aliphatic heterocycles. The van der Waals surface area contributed by atoms with Crippen molar-refractivity contribution < 1.29 is 9.47 Å². The largest absolute Gasteiger partial charge is 0.493 e. The first-order chi connectivity index (χ1) is 10.5. The molecule has 0 aliphatic carbocycles. The molecule has 1 heterocycles. The molecule has 2 aromatic rings. The lowest BCUT2D eigenvalue weighted by Crippen LogP contribution is -2.13. The van der Waals surface area contributed by atoms with Gasteiger partial charge in [-0.05, 0) is 32.0 Å². The number of rotatable bonds is 4. The molecule has 0 radical (unpaired) electrons. The highest BCUT2D eigenvalue weighted by atomic mass is 79.9. The summed E-state index contributed by atoms with van der Waals surface area (Å²) in [6, 6.07) is 7.25. The number of halogens is 1. The Bertz CT molecular complexity index is 806. The lowest BCUT2D eigenvalue weighted by molar-refractivity contribution is 0.311. The van der Waals surface area contributed by atoms with Crippen molar-refractivity contribution in [1.82, 2.24) is 4.98 Å². The van der Waals surface area contributed by atoms with Crippen LogP contribution < -0.4 is 15.0 Å². The Morgan fingerprint density at radius 2 is 2.00 bits per heavy atom. The summed E-state index contributed by atoms with van der Waals surface area (Å²) in [6.07, 6.45) is 0. The van der Waals surface area contributed by atoms with Gasteiger partial charge in [0, 0.05) is 21.3 Å². The number of nitrogens with zero attached hydrogens (tertiary/aromatic N) is 1. The lowest BCUT2D eigenvalue weighted by atomic mass is 10.0. The van der Waals surface area contributed by atoms with Crippen molar-refractivity contribution in [2.75, 3.05) is 13.7 Å². The molecule has 0 atom stereocenters. The number of ether oxygens (including phenoxy) is 2. The van der Waals surface area contributed by atoms with E-state index in [1.807, 2.05) is 13.0 Å². The number of hydrogen-bond donors (Lipinski definition) is 1. The van der Waals surface area contributed by atoms with Gasteiger partial charge in [0.05, 0.1) is 13.7 Å². The molecule has 6 heteroatoms. The van der Waals surface area contributed by atoms with Crippen LogP contribution in [-0.2, 0) is 0 Å². The second-order valence-electron chi connectivity index (χ2n) is 4.60. The summed E-state index contributed by atoms with van der Waals surface area (Å²) in [6.45, 7) is 4.13. The van der Waals surface area contributed by atoms with Gasteiger partial charge in [-0.25, -0.2) is 0 Å². The molecular formula is C16H15BrN2O3. The fourth-order valence-electron chi connectivity index (χ4n) is 2.18. The zero-order valence-electron chi connectivity index (χ0n) is 12.5. The SMILES string of the molecule is CCOc1cc(-c2cc(C)[nH]c(=O)c2C#N)c(Br)cc1OC. The predicted octanol–water partition coefficient (Wildman–Crippen LogP) is 3.39. The Kier molecular flexibility index (Phi) is 4.88. The molecule has 1 aromatic carbocycles. The van der Waals surface area contributed by atoms with Crippen LogP contribution in [0.5, 0.6) is 11.5 Å². The number of methoxy groups -OCH3 is 1. The van der Waals surface area contributed by atoms with Crippen molar-refractivity contribution in [1.29, 1.82) is 5.26 Å². The van der Waals surface area contributed by atoms with Gasteiger partial charge in [0.1, 0.15) is 11.6 Å². The summed E-state index contributed by atoms with van der Waals surface area (Å²) >= 11 is 3.47. The smallest absolute Gasteiger partial charge is 0.266 e. The predicted molar refractivity (Wildman–Crippen MR) is 87.4 cm³/mol. The third kappa shape index (κ3) is 3.00. The minimum absolute atomic E-state index is 0.0684. The first kappa shape index (κ1) is 16.1. The van der Waals surface area contributed by atoms with E-state index in [1.165, 1.54) is 0 Å². The third-order valence-corrected chi connectivity index (χ3v) is 3.78. The Balaban J connectivity index is 2.76. The van der Waals surface area contributed by atoms with Crippen molar-refractivity contribution in [2.24, 2.45) is 0 Å². The quantitative estimate of drug-likeness (QED) is 0.904. The fourth-order valence-corrected chi connectivity index (χ4v) is 2.72. The Labute approximate surface area is 136 Å². The van der Waals surface area contributed by atoms with E-state index >= 15 is 0 Å². The Hall–Kier alpha value is -2.26. The van der Waals surface area contributed by atoms with Crippen LogP contribution in [0.25, 0.3) is 11.1 Å². The molecule has 0 saturated heterocycles. The average molecular weight is 363 g/mol. The normalized spacial score (nSPS) is 10.1. The van der Waals surface area contributed by atoms with Crippen LogP contribution in [0, 0.1) is 18.3 Å². The van der Waals surface area contributed by atoms with E-state index in [9.17, 15) is 10.1 Å². The summed E-state index contributed by atoms with van der Waals surface area (Å²) in [5, 5.41) is 9.27. The van der Waals surface area contributed by atoms with Crippen LogP contribution in [0.2, 0.25) is 0 Å². The number of aromatic amines is 1. The maximum Gasteiger partial charge on any atom is 0.266 e. The summed E-state index contributed by atoms with van der Waals surface area (Å²) in [5.41, 5.74) is 1.60. The number of aryl methyl sites for hydroxylation is 1. The van der Waals surface area contributed by atoms with Gasteiger partial charge in [0.15, 0.2) is 11.5 Å². The van der Waals surface area contributed by atoms with Gasteiger partial charge in [0.2, 0.25) is 0 Å². The second-order valence-corrected chi connectivity index (χ2v) is 5.45. The summed E-state index contributed by atoms with van der Waals surface area (Å²) in [5.74, 6) is 1.14. The number of H-pyrrole nitrogens is 1. The molecule has 2 rings (SSSR count). The van der Waals surface area contributed by atoms with Gasteiger partial charge in [0.25, 0.3) is 5.56 Å². The van der Waals surface area contributed by atoms with Gasteiger partial charge in [-0.2, -0.15) is 5.26 Å². The molecule has 0 amide bonds. The van der Waals surface area contributed by atoms with E-state index < -0.39 is 5.56 Å². The molecule has 5 nitrogen and oxygen atoms in total. The standard InChI is InChI=1S/C16H15BrN2O3/c1-4-22-15-6-11(13(17)7-14(15)21-3)10-5-9(2)19-16(20)12(10)8-18/h5-7H,4H2,1-3H3,(H,19,20). The van der Waals surface area contributed by atoms with Crippen molar-refractivity contribution >= 4 is 15.9 Å². The number of benzene rings is 1. The number of aromatic nitrogens is 1. The van der Waals surface area contributed by atoms with Crippen molar-refractivity contribution in [3.63, 3.8) is 0 Å². The number of nitriles is 1. The van der Waals surface area contributed by atoms with E-state index in [1.54, 1.807) is 32.2 Å². The van der Waals surface area contributed by atoms with Gasteiger partial charge >= 0.3 is 0 Å². The number of hydrogen-bond acceptors (Lipinski definition) is 4. The van der Waals surface area contributed by atoms with E-state index in [0.29, 0.717) is 39.4 Å². The highest BCUT2D eigenvalue weighted by Gasteiger charge is 2.16. The van der Waals surface area contributed by atoms with Gasteiger partial charge in [-0.15, -0.1) is 0 Å². The van der Waals surface area contributed by atoms with E-state index in [0.717, 1.165) is 0 Å². The first-order valence-electron chi connectivity index (χ1n) is 6.66. The van der Waals surface area contributed by atoms with Crippen molar-refractivity contribution in [3.05, 3.63) is 44.3 Å². The molecule has 0 bridgehead atoms.